The van der Waals surface area contributed by atoms with Crippen molar-refractivity contribution in [3.63, 3.8) is 0 Å². The zero-order valence-electron chi connectivity index (χ0n) is 16.7. The third kappa shape index (κ3) is 4.80. The van der Waals surface area contributed by atoms with Gasteiger partial charge in [-0.3, -0.25) is 9.59 Å². The van der Waals surface area contributed by atoms with E-state index >= 15 is 0 Å². The molecule has 2 rings (SSSR count). The minimum atomic E-state index is -0.956. The number of aliphatic hydroxyl groups is 1. The number of hydrogen-bond donors (Lipinski definition) is 2. The predicted octanol–water partition coefficient (Wildman–Crippen LogP) is 1.95. The second-order valence-electron chi connectivity index (χ2n) is 5.96. The van der Waals surface area contributed by atoms with Gasteiger partial charge in [0.2, 0.25) is 11.2 Å². The van der Waals surface area contributed by atoms with Crippen LogP contribution in [0.3, 0.4) is 0 Å². The fourth-order valence-electron chi connectivity index (χ4n) is 2.92. The molecule has 1 heterocycles. The summed E-state index contributed by atoms with van der Waals surface area (Å²) in [5.41, 5.74) is -0.352. The van der Waals surface area contributed by atoms with Crippen LogP contribution in [0, 0.1) is 0 Å². The molecule has 0 bridgehead atoms. The summed E-state index contributed by atoms with van der Waals surface area (Å²) < 4.78 is 26.6. The van der Waals surface area contributed by atoms with E-state index in [4.69, 9.17) is 23.4 Å². The van der Waals surface area contributed by atoms with Gasteiger partial charge in [0, 0.05) is 17.7 Å². The lowest BCUT2D eigenvalue weighted by molar-refractivity contribution is -0.143. The van der Waals surface area contributed by atoms with E-state index in [1.807, 2.05) is 0 Å². The average Bonchev–Trinajstić information content (AvgIpc) is 2.73. The predicted molar refractivity (Wildman–Crippen MR) is 102 cm³/mol. The summed E-state index contributed by atoms with van der Waals surface area (Å²) in [5, 5.41) is 19.7. The van der Waals surface area contributed by atoms with E-state index < -0.39 is 29.7 Å². The van der Waals surface area contributed by atoms with Gasteiger partial charge in [-0.1, -0.05) is 0 Å². The number of methoxy groups -OCH3 is 3. The Hall–Kier alpha value is -3.20. The summed E-state index contributed by atoms with van der Waals surface area (Å²) in [6, 6.07) is 4.09. The molecule has 0 saturated carbocycles. The average molecular weight is 408 g/mol. The fraction of sp³-hybridized carbons (Fsp3) is 0.400. The van der Waals surface area contributed by atoms with Crippen LogP contribution < -0.4 is 19.6 Å². The van der Waals surface area contributed by atoms with E-state index in [2.05, 4.69) is 0 Å². The van der Waals surface area contributed by atoms with Crippen LogP contribution in [0.1, 0.15) is 36.3 Å². The molecule has 0 aliphatic rings. The molecule has 0 saturated heterocycles. The summed E-state index contributed by atoms with van der Waals surface area (Å²) in [5.74, 6) is -1.41. The Bertz CT molecular complexity index is 917. The van der Waals surface area contributed by atoms with Crippen molar-refractivity contribution in [2.75, 3.05) is 27.9 Å². The zero-order chi connectivity index (χ0) is 21.6. The van der Waals surface area contributed by atoms with Crippen molar-refractivity contribution in [3.8, 4) is 23.0 Å². The fourth-order valence-corrected chi connectivity index (χ4v) is 2.92. The molecule has 2 aromatic rings. The highest BCUT2D eigenvalue weighted by molar-refractivity contribution is 5.72. The van der Waals surface area contributed by atoms with E-state index in [0.29, 0.717) is 22.8 Å². The van der Waals surface area contributed by atoms with Gasteiger partial charge in [0.05, 0.1) is 40.3 Å². The number of esters is 1. The summed E-state index contributed by atoms with van der Waals surface area (Å²) >= 11 is 0. The van der Waals surface area contributed by atoms with Gasteiger partial charge < -0.3 is 33.6 Å². The van der Waals surface area contributed by atoms with Gasteiger partial charge in [-0.05, 0) is 13.0 Å². The van der Waals surface area contributed by atoms with Crippen LogP contribution in [0.4, 0.5) is 0 Å². The van der Waals surface area contributed by atoms with Crippen molar-refractivity contribution in [2.45, 2.75) is 25.9 Å². The normalized spacial score (nSPS) is 11.6. The first kappa shape index (κ1) is 22.1. The zero-order valence-corrected chi connectivity index (χ0v) is 16.7. The molecule has 0 radical (unpaired) electrons. The van der Waals surface area contributed by atoms with Crippen LogP contribution in [0.2, 0.25) is 0 Å². The molecule has 29 heavy (non-hydrogen) atoms. The molecule has 0 fully saturated rings. The highest BCUT2D eigenvalue weighted by Crippen LogP contribution is 2.43. The van der Waals surface area contributed by atoms with Crippen LogP contribution >= 0.6 is 0 Å². The number of rotatable bonds is 9. The van der Waals surface area contributed by atoms with Gasteiger partial charge in [0.1, 0.15) is 18.1 Å². The number of hydrogen-bond acceptors (Lipinski definition) is 9. The number of benzene rings is 1. The molecule has 0 aliphatic carbocycles. The number of ether oxygens (including phenoxy) is 4. The standard InChI is InChI=1S/C20H24O9/c1-5-28-18(23)8-13(20-19(24)14(22)6-11(10-21)29-20)12-7-16(26-3)17(27-4)9-15(12)25-2/h6-7,9,13,21,24H,5,8,10H2,1-4H3. The molecular formula is C20H24O9. The van der Waals surface area contributed by atoms with E-state index in [9.17, 15) is 19.8 Å². The Morgan fingerprint density at radius 1 is 1.07 bits per heavy atom. The van der Waals surface area contributed by atoms with Crippen molar-refractivity contribution >= 4 is 5.97 Å². The minimum absolute atomic E-state index is 0.0592. The number of aliphatic hydroxyl groups excluding tert-OH is 1. The maximum Gasteiger partial charge on any atom is 0.306 e. The van der Waals surface area contributed by atoms with Gasteiger partial charge in [-0.15, -0.1) is 0 Å². The molecule has 0 spiro atoms. The Balaban J connectivity index is 2.75. The summed E-state index contributed by atoms with van der Waals surface area (Å²) in [6.07, 6.45) is -0.259. The first-order chi connectivity index (χ1) is 13.9. The Kier molecular flexibility index (Phi) is 7.49. The highest BCUT2D eigenvalue weighted by Gasteiger charge is 2.30. The third-order valence-corrected chi connectivity index (χ3v) is 4.26. The molecule has 9 heteroatoms. The van der Waals surface area contributed by atoms with Crippen LogP contribution in [0.25, 0.3) is 0 Å². The number of aromatic hydroxyl groups is 1. The molecule has 9 nitrogen and oxygen atoms in total. The van der Waals surface area contributed by atoms with E-state index in [0.717, 1.165) is 6.07 Å². The van der Waals surface area contributed by atoms with Crippen molar-refractivity contribution < 1.29 is 38.4 Å². The first-order valence-corrected chi connectivity index (χ1v) is 8.82. The Morgan fingerprint density at radius 2 is 1.69 bits per heavy atom. The molecule has 158 valence electrons. The topological polar surface area (TPSA) is 125 Å². The van der Waals surface area contributed by atoms with Crippen LogP contribution in [-0.4, -0.2) is 44.1 Å². The molecule has 1 atom stereocenters. The van der Waals surface area contributed by atoms with Gasteiger partial charge in [0.15, 0.2) is 17.3 Å². The molecule has 0 amide bonds. The van der Waals surface area contributed by atoms with E-state index in [-0.39, 0.29) is 24.5 Å². The molecule has 1 aromatic carbocycles. The van der Waals surface area contributed by atoms with Crippen molar-refractivity contribution in [2.24, 2.45) is 0 Å². The van der Waals surface area contributed by atoms with Gasteiger partial charge in [-0.25, -0.2) is 0 Å². The molecule has 2 N–H and O–H groups in total. The lowest BCUT2D eigenvalue weighted by atomic mass is 9.91. The van der Waals surface area contributed by atoms with Crippen molar-refractivity contribution in [1.82, 2.24) is 0 Å². The quantitative estimate of drug-likeness (QED) is 0.599. The molecule has 0 aliphatic heterocycles. The first-order valence-electron chi connectivity index (χ1n) is 8.82. The van der Waals surface area contributed by atoms with Crippen molar-refractivity contribution in [3.05, 3.63) is 45.5 Å². The molecule has 1 aromatic heterocycles. The lowest BCUT2D eigenvalue weighted by Crippen LogP contribution is -2.16. The van der Waals surface area contributed by atoms with Crippen LogP contribution in [0.15, 0.2) is 27.4 Å². The minimum Gasteiger partial charge on any atom is -0.502 e. The van der Waals surface area contributed by atoms with Crippen LogP contribution in [-0.2, 0) is 16.1 Å². The van der Waals surface area contributed by atoms with Gasteiger partial charge in [-0.2, -0.15) is 0 Å². The summed E-state index contributed by atoms with van der Waals surface area (Å²) in [7, 11) is 4.33. The second kappa shape index (κ2) is 9.83. The van der Waals surface area contributed by atoms with Gasteiger partial charge >= 0.3 is 5.97 Å². The summed E-state index contributed by atoms with van der Waals surface area (Å²) in [6.45, 7) is 1.26. The highest BCUT2D eigenvalue weighted by atomic mass is 16.5. The maximum atomic E-state index is 12.3. The largest absolute Gasteiger partial charge is 0.502 e. The van der Waals surface area contributed by atoms with Crippen molar-refractivity contribution in [1.29, 1.82) is 0 Å². The van der Waals surface area contributed by atoms with Crippen LogP contribution in [0.5, 0.6) is 23.0 Å². The number of carbonyl (C=O) groups is 1. The second-order valence-corrected chi connectivity index (χ2v) is 5.96. The third-order valence-electron chi connectivity index (χ3n) is 4.26. The smallest absolute Gasteiger partial charge is 0.306 e. The van der Waals surface area contributed by atoms with E-state index in [1.54, 1.807) is 19.1 Å². The summed E-state index contributed by atoms with van der Waals surface area (Å²) in [4.78, 5) is 24.4. The molecular weight excluding hydrogens is 384 g/mol. The molecule has 1 unspecified atom stereocenters. The maximum absolute atomic E-state index is 12.3. The Labute approximate surface area is 167 Å². The SMILES string of the molecule is CCOC(=O)CC(c1cc(OC)c(OC)cc1OC)c1oc(CO)cc(=O)c1O. The Morgan fingerprint density at radius 3 is 2.24 bits per heavy atom. The van der Waals surface area contributed by atoms with Gasteiger partial charge in [0.25, 0.3) is 0 Å². The number of carbonyl (C=O) groups excluding carboxylic acids is 1. The lowest BCUT2D eigenvalue weighted by Gasteiger charge is -2.21. The van der Waals surface area contributed by atoms with E-state index in [1.165, 1.54) is 21.3 Å². The monoisotopic (exact) mass is 408 g/mol.